The molecule has 0 amide bonds. The summed E-state index contributed by atoms with van der Waals surface area (Å²) >= 11 is 0. The summed E-state index contributed by atoms with van der Waals surface area (Å²) in [5, 5.41) is 14.6. The molecule has 1 aliphatic carbocycles. The second-order valence-corrected chi connectivity index (χ2v) is 6.32. The van der Waals surface area contributed by atoms with Crippen LogP contribution in [0.25, 0.3) is 0 Å². The molecule has 1 aromatic rings. The molecule has 0 unspecified atom stereocenters. The molecule has 1 aliphatic rings. The van der Waals surface area contributed by atoms with Crippen molar-refractivity contribution in [1.82, 2.24) is 25.6 Å². The molecular weight excluding hydrogens is 308 g/mol. The molecule has 24 heavy (non-hydrogen) atoms. The quantitative estimate of drug-likeness (QED) is 0.440. The molecule has 0 aromatic carbocycles. The molecule has 8 nitrogen and oxygen atoms in total. The first kappa shape index (κ1) is 18.2. The maximum absolute atomic E-state index is 11.2. The molecule has 0 radical (unpaired) electrons. The number of rotatable bonds is 7. The summed E-state index contributed by atoms with van der Waals surface area (Å²) in [6, 6.07) is 0. The Balaban J connectivity index is 1.80. The maximum atomic E-state index is 11.2. The SMILES string of the molecule is CCC1(CNC(=NC)NCc2cn(CC(=O)OC)nn2)CCCC1. The number of methoxy groups -OCH3 is 1. The lowest BCUT2D eigenvalue weighted by molar-refractivity contribution is -0.141. The minimum absolute atomic E-state index is 0.0650. The largest absolute Gasteiger partial charge is 0.468 e. The highest BCUT2D eigenvalue weighted by molar-refractivity contribution is 5.79. The fourth-order valence-electron chi connectivity index (χ4n) is 3.14. The van der Waals surface area contributed by atoms with E-state index >= 15 is 0 Å². The number of nitrogens with one attached hydrogen (secondary N) is 2. The van der Waals surface area contributed by atoms with Gasteiger partial charge in [-0.3, -0.25) is 9.79 Å². The summed E-state index contributed by atoms with van der Waals surface area (Å²) in [4.78, 5) is 15.5. The van der Waals surface area contributed by atoms with E-state index in [-0.39, 0.29) is 12.5 Å². The fourth-order valence-corrected chi connectivity index (χ4v) is 3.14. The molecule has 2 N–H and O–H groups in total. The van der Waals surface area contributed by atoms with Crippen molar-refractivity contribution in [2.75, 3.05) is 20.7 Å². The van der Waals surface area contributed by atoms with Gasteiger partial charge in [0.2, 0.25) is 0 Å². The van der Waals surface area contributed by atoms with Gasteiger partial charge >= 0.3 is 5.97 Å². The Labute approximate surface area is 143 Å². The first-order valence-electron chi connectivity index (χ1n) is 8.51. The smallest absolute Gasteiger partial charge is 0.327 e. The molecule has 1 aromatic heterocycles. The van der Waals surface area contributed by atoms with Crippen molar-refractivity contribution < 1.29 is 9.53 Å². The Morgan fingerprint density at radius 3 is 2.79 bits per heavy atom. The lowest BCUT2D eigenvalue weighted by Gasteiger charge is -2.28. The Morgan fingerprint density at radius 2 is 2.17 bits per heavy atom. The van der Waals surface area contributed by atoms with Gasteiger partial charge in [-0.1, -0.05) is 25.0 Å². The maximum Gasteiger partial charge on any atom is 0.327 e. The first-order chi connectivity index (χ1) is 11.6. The molecule has 0 saturated heterocycles. The molecular formula is C16H28N6O2. The highest BCUT2D eigenvalue weighted by Gasteiger charge is 2.31. The van der Waals surface area contributed by atoms with Gasteiger partial charge in [0, 0.05) is 13.6 Å². The normalized spacial score (nSPS) is 16.9. The topological polar surface area (TPSA) is 93.4 Å². The number of carbonyl (C=O) groups excluding carboxylic acids is 1. The van der Waals surface area contributed by atoms with E-state index in [1.165, 1.54) is 43.9 Å². The Kier molecular flexibility index (Phi) is 6.57. The average Bonchev–Trinajstić information content (AvgIpc) is 3.25. The number of hydrogen-bond acceptors (Lipinski definition) is 5. The number of aromatic nitrogens is 3. The van der Waals surface area contributed by atoms with Gasteiger partial charge in [-0.25, -0.2) is 4.68 Å². The molecule has 0 atom stereocenters. The number of hydrogen-bond donors (Lipinski definition) is 2. The van der Waals surface area contributed by atoms with E-state index in [4.69, 9.17) is 0 Å². The van der Waals surface area contributed by atoms with Crippen molar-refractivity contribution in [2.24, 2.45) is 10.4 Å². The van der Waals surface area contributed by atoms with Gasteiger partial charge < -0.3 is 15.4 Å². The summed E-state index contributed by atoms with van der Waals surface area (Å²) in [6.07, 6.45) is 8.14. The zero-order valence-corrected chi connectivity index (χ0v) is 14.8. The van der Waals surface area contributed by atoms with Crippen LogP contribution in [0.2, 0.25) is 0 Å². The van der Waals surface area contributed by atoms with Crippen LogP contribution in [-0.2, 0) is 22.6 Å². The minimum atomic E-state index is -0.349. The summed E-state index contributed by atoms with van der Waals surface area (Å²) in [7, 11) is 3.11. The summed E-state index contributed by atoms with van der Waals surface area (Å²) in [5.41, 5.74) is 1.15. The van der Waals surface area contributed by atoms with Crippen LogP contribution in [0.5, 0.6) is 0 Å². The summed E-state index contributed by atoms with van der Waals surface area (Å²) < 4.78 is 6.07. The van der Waals surface area contributed by atoms with Gasteiger partial charge in [0.15, 0.2) is 5.96 Å². The summed E-state index contributed by atoms with van der Waals surface area (Å²) in [6.45, 7) is 3.77. The van der Waals surface area contributed by atoms with E-state index in [1.54, 1.807) is 13.2 Å². The van der Waals surface area contributed by atoms with Gasteiger partial charge in [-0.15, -0.1) is 5.10 Å². The van der Waals surface area contributed by atoms with Crippen molar-refractivity contribution in [2.45, 2.75) is 52.1 Å². The van der Waals surface area contributed by atoms with E-state index in [2.05, 4.69) is 37.6 Å². The van der Waals surface area contributed by atoms with Gasteiger partial charge in [0.05, 0.1) is 19.9 Å². The van der Waals surface area contributed by atoms with Crippen LogP contribution in [0, 0.1) is 5.41 Å². The van der Waals surface area contributed by atoms with Crippen LogP contribution < -0.4 is 10.6 Å². The molecule has 0 spiro atoms. The van der Waals surface area contributed by atoms with Crippen molar-refractivity contribution >= 4 is 11.9 Å². The van der Waals surface area contributed by atoms with E-state index in [1.807, 2.05) is 0 Å². The zero-order chi connectivity index (χ0) is 17.4. The lowest BCUT2D eigenvalue weighted by Crippen LogP contribution is -2.42. The zero-order valence-electron chi connectivity index (χ0n) is 14.8. The third-order valence-corrected chi connectivity index (χ3v) is 4.81. The third-order valence-electron chi connectivity index (χ3n) is 4.81. The van der Waals surface area contributed by atoms with Crippen LogP contribution in [-0.4, -0.2) is 47.6 Å². The van der Waals surface area contributed by atoms with Crippen LogP contribution in [0.4, 0.5) is 0 Å². The predicted octanol–water partition coefficient (Wildman–Crippen LogP) is 1.09. The number of carbonyl (C=O) groups is 1. The Morgan fingerprint density at radius 1 is 1.42 bits per heavy atom. The van der Waals surface area contributed by atoms with Crippen LogP contribution in [0.15, 0.2) is 11.2 Å². The van der Waals surface area contributed by atoms with Crippen molar-refractivity contribution in [3.05, 3.63) is 11.9 Å². The minimum Gasteiger partial charge on any atom is -0.468 e. The van der Waals surface area contributed by atoms with E-state index < -0.39 is 0 Å². The van der Waals surface area contributed by atoms with Crippen molar-refractivity contribution in [3.8, 4) is 0 Å². The number of esters is 1. The lowest BCUT2D eigenvalue weighted by atomic mass is 9.83. The first-order valence-corrected chi connectivity index (χ1v) is 8.51. The van der Waals surface area contributed by atoms with Crippen LogP contribution in [0.1, 0.15) is 44.7 Å². The predicted molar refractivity (Wildman–Crippen MR) is 91.4 cm³/mol. The van der Waals surface area contributed by atoms with Crippen LogP contribution in [0.3, 0.4) is 0 Å². The van der Waals surface area contributed by atoms with Crippen LogP contribution >= 0.6 is 0 Å². The number of ether oxygens (including phenoxy) is 1. The highest BCUT2D eigenvalue weighted by Crippen LogP contribution is 2.40. The number of nitrogens with zero attached hydrogens (tertiary/aromatic N) is 4. The average molecular weight is 336 g/mol. The molecule has 2 rings (SSSR count). The molecule has 0 bridgehead atoms. The Hall–Kier alpha value is -2.12. The Bertz CT molecular complexity index is 563. The molecule has 134 valence electrons. The van der Waals surface area contributed by atoms with E-state index in [0.717, 1.165) is 18.2 Å². The molecule has 1 saturated carbocycles. The fraction of sp³-hybridized carbons (Fsp3) is 0.750. The van der Waals surface area contributed by atoms with E-state index in [9.17, 15) is 4.79 Å². The van der Waals surface area contributed by atoms with Crippen molar-refractivity contribution in [1.29, 1.82) is 0 Å². The van der Waals surface area contributed by atoms with Gasteiger partial charge in [0.25, 0.3) is 0 Å². The van der Waals surface area contributed by atoms with Gasteiger partial charge in [-0.05, 0) is 24.7 Å². The molecule has 8 heteroatoms. The molecule has 1 heterocycles. The third kappa shape index (κ3) is 4.94. The van der Waals surface area contributed by atoms with Crippen molar-refractivity contribution in [3.63, 3.8) is 0 Å². The monoisotopic (exact) mass is 336 g/mol. The van der Waals surface area contributed by atoms with Gasteiger partial charge in [-0.2, -0.15) is 0 Å². The second-order valence-electron chi connectivity index (χ2n) is 6.32. The molecule has 0 aliphatic heterocycles. The van der Waals surface area contributed by atoms with Gasteiger partial charge in [0.1, 0.15) is 12.2 Å². The number of aliphatic imine (C=N–C) groups is 1. The molecule has 1 fully saturated rings. The standard InChI is InChI=1S/C16H28N6O2/c1-4-16(7-5-6-8-16)12-19-15(17-2)18-9-13-10-22(21-20-13)11-14(23)24-3/h10H,4-9,11-12H2,1-3H3,(H2,17,18,19). The number of guanidine groups is 1. The second kappa shape index (κ2) is 8.65. The summed E-state index contributed by atoms with van der Waals surface area (Å²) in [5.74, 6) is 0.413. The van der Waals surface area contributed by atoms with E-state index in [0.29, 0.717) is 12.0 Å². The highest BCUT2D eigenvalue weighted by atomic mass is 16.5.